The molecule has 0 bridgehead atoms. The standard InChI is InChI=1S/C12H15ClO3/c1-2-3-8(12(15)16)6-9-7-10(13)4-5-11(9)14/h4-5,7-8,14H,2-3,6H2,1H3,(H,15,16). The first-order valence-corrected chi connectivity index (χ1v) is 5.62. The average Bonchev–Trinajstić information content (AvgIpc) is 2.22. The molecule has 1 aromatic rings. The van der Waals surface area contributed by atoms with Crippen LogP contribution >= 0.6 is 11.6 Å². The average molecular weight is 243 g/mol. The van der Waals surface area contributed by atoms with Crippen molar-refractivity contribution in [1.29, 1.82) is 0 Å². The van der Waals surface area contributed by atoms with Gasteiger partial charge in [0, 0.05) is 5.02 Å². The first-order chi connectivity index (χ1) is 7.54. The van der Waals surface area contributed by atoms with Crippen LogP contribution in [0.2, 0.25) is 5.02 Å². The number of phenols is 1. The molecule has 0 heterocycles. The number of phenolic OH excluding ortho intramolecular Hbond substituents is 1. The molecule has 2 N–H and O–H groups in total. The summed E-state index contributed by atoms with van der Waals surface area (Å²) in [6.45, 7) is 1.94. The monoisotopic (exact) mass is 242 g/mol. The Morgan fingerprint density at radius 2 is 2.19 bits per heavy atom. The van der Waals surface area contributed by atoms with Crippen LogP contribution in [0.15, 0.2) is 18.2 Å². The molecule has 0 fully saturated rings. The van der Waals surface area contributed by atoms with Crippen molar-refractivity contribution in [3.05, 3.63) is 28.8 Å². The van der Waals surface area contributed by atoms with E-state index in [1.54, 1.807) is 12.1 Å². The smallest absolute Gasteiger partial charge is 0.306 e. The summed E-state index contributed by atoms with van der Waals surface area (Å²) >= 11 is 5.80. The number of halogens is 1. The number of aromatic hydroxyl groups is 1. The van der Waals surface area contributed by atoms with Crippen LogP contribution in [0.4, 0.5) is 0 Å². The van der Waals surface area contributed by atoms with Crippen molar-refractivity contribution < 1.29 is 15.0 Å². The summed E-state index contributed by atoms with van der Waals surface area (Å²) in [6, 6.07) is 4.68. The van der Waals surface area contributed by atoms with E-state index in [2.05, 4.69) is 0 Å². The van der Waals surface area contributed by atoms with Gasteiger partial charge < -0.3 is 10.2 Å². The first-order valence-electron chi connectivity index (χ1n) is 5.24. The normalized spacial score (nSPS) is 12.4. The van der Waals surface area contributed by atoms with Crippen LogP contribution in [0, 0.1) is 5.92 Å². The second kappa shape index (κ2) is 5.75. The summed E-state index contributed by atoms with van der Waals surface area (Å²) in [6.07, 6.45) is 1.72. The molecule has 0 aliphatic heterocycles. The minimum Gasteiger partial charge on any atom is -0.508 e. The molecule has 1 aromatic carbocycles. The van der Waals surface area contributed by atoms with E-state index < -0.39 is 11.9 Å². The number of benzene rings is 1. The van der Waals surface area contributed by atoms with Gasteiger partial charge >= 0.3 is 5.97 Å². The molecule has 3 nitrogen and oxygen atoms in total. The number of hydrogen-bond donors (Lipinski definition) is 2. The fourth-order valence-electron chi connectivity index (χ4n) is 1.64. The van der Waals surface area contributed by atoms with Gasteiger partial charge in [-0.2, -0.15) is 0 Å². The zero-order chi connectivity index (χ0) is 12.1. The Hall–Kier alpha value is -1.22. The Bertz CT molecular complexity index is 377. The summed E-state index contributed by atoms with van der Waals surface area (Å²) in [7, 11) is 0. The third-order valence-corrected chi connectivity index (χ3v) is 2.73. The van der Waals surface area contributed by atoms with Crippen molar-refractivity contribution in [3.8, 4) is 5.75 Å². The fourth-order valence-corrected chi connectivity index (χ4v) is 1.84. The summed E-state index contributed by atoms with van der Waals surface area (Å²) in [5, 5.41) is 19.1. The molecule has 1 unspecified atom stereocenters. The molecule has 0 aromatic heterocycles. The minimum atomic E-state index is -0.832. The Kier molecular flexibility index (Phi) is 4.62. The van der Waals surface area contributed by atoms with Gasteiger partial charge in [0.25, 0.3) is 0 Å². The number of carboxylic acid groups (broad SMARTS) is 1. The van der Waals surface area contributed by atoms with E-state index in [1.165, 1.54) is 6.07 Å². The Labute approximate surface area is 99.7 Å². The predicted octanol–water partition coefficient (Wildman–Crippen LogP) is 3.09. The highest BCUT2D eigenvalue weighted by Crippen LogP contribution is 2.25. The van der Waals surface area contributed by atoms with E-state index in [0.717, 1.165) is 6.42 Å². The number of hydrogen-bond acceptors (Lipinski definition) is 2. The van der Waals surface area contributed by atoms with Gasteiger partial charge in [-0.1, -0.05) is 24.9 Å². The molecule has 16 heavy (non-hydrogen) atoms. The van der Waals surface area contributed by atoms with Gasteiger partial charge in [0.15, 0.2) is 0 Å². The van der Waals surface area contributed by atoms with E-state index in [0.29, 0.717) is 23.4 Å². The zero-order valence-corrected chi connectivity index (χ0v) is 9.87. The van der Waals surface area contributed by atoms with E-state index >= 15 is 0 Å². The molecule has 0 aliphatic rings. The van der Waals surface area contributed by atoms with Crippen molar-refractivity contribution in [2.45, 2.75) is 26.2 Å². The summed E-state index contributed by atoms with van der Waals surface area (Å²) < 4.78 is 0. The molecule has 0 radical (unpaired) electrons. The zero-order valence-electron chi connectivity index (χ0n) is 9.11. The van der Waals surface area contributed by atoms with Gasteiger partial charge in [-0.15, -0.1) is 0 Å². The predicted molar refractivity (Wildman–Crippen MR) is 62.9 cm³/mol. The van der Waals surface area contributed by atoms with Gasteiger partial charge in [-0.05, 0) is 36.6 Å². The molecule has 0 saturated carbocycles. The third-order valence-electron chi connectivity index (χ3n) is 2.49. The van der Waals surface area contributed by atoms with Crippen LogP contribution in [0.3, 0.4) is 0 Å². The van der Waals surface area contributed by atoms with Gasteiger partial charge in [-0.25, -0.2) is 0 Å². The van der Waals surface area contributed by atoms with Crippen molar-refractivity contribution in [2.75, 3.05) is 0 Å². The van der Waals surface area contributed by atoms with Crippen LogP contribution in [0.5, 0.6) is 5.75 Å². The second-order valence-electron chi connectivity index (χ2n) is 3.80. The van der Waals surface area contributed by atoms with Gasteiger partial charge in [-0.3, -0.25) is 4.79 Å². The highest BCUT2D eigenvalue weighted by atomic mass is 35.5. The summed E-state index contributed by atoms with van der Waals surface area (Å²) in [4.78, 5) is 11.0. The molecule has 1 rings (SSSR count). The van der Waals surface area contributed by atoms with Crippen molar-refractivity contribution in [2.24, 2.45) is 5.92 Å². The van der Waals surface area contributed by atoms with E-state index in [9.17, 15) is 9.90 Å². The minimum absolute atomic E-state index is 0.103. The Balaban J connectivity index is 2.84. The lowest BCUT2D eigenvalue weighted by atomic mass is 9.95. The molecule has 0 aliphatic carbocycles. The van der Waals surface area contributed by atoms with E-state index in [1.807, 2.05) is 6.92 Å². The second-order valence-corrected chi connectivity index (χ2v) is 4.24. The lowest BCUT2D eigenvalue weighted by Gasteiger charge is -2.12. The fraction of sp³-hybridized carbons (Fsp3) is 0.417. The lowest BCUT2D eigenvalue weighted by molar-refractivity contribution is -0.141. The lowest BCUT2D eigenvalue weighted by Crippen LogP contribution is -2.16. The maximum atomic E-state index is 11.0. The van der Waals surface area contributed by atoms with Gasteiger partial charge in [0.1, 0.15) is 5.75 Å². The van der Waals surface area contributed by atoms with Gasteiger partial charge in [0.2, 0.25) is 0 Å². The Morgan fingerprint density at radius 3 is 2.75 bits per heavy atom. The molecular formula is C12H15ClO3. The van der Waals surface area contributed by atoms with Crippen molar-refractivity contribution in [3.63, 3.8) is 0 Å². The molecule has 88 valence electrons. The third kappa shape index (κ3) is 3.42. The van der Waals surface area contributed by atoms with Gasteiger partial charge in [0.05, 0.1) is 5.92 Å². The first kappa shape index (κ1) is 12.8. The molecular weight excluding hydrogens is 228 g/mol. The van der Waals surface area contributed by atoms with Crippen LogP contribution in [-0.4, -0.2) is 16.2 Å². The molecule has 0 saturated heterocycles. The number of carboxylic acids is 1. The topological polar surface area (TPSA) is 57.5 Å². The summed E-state index contributed by atoms with van der Waals surface area (Å²) in [5.41, 5.74) is 0.591. The molecule has 0 amide bonds. The Morgan fingerprint density at radius 1 is 1.50 bits per heavy atom. The molecule has 0 spiro atoms. The van der Waals surface area contributed by atoms with Crippen LogP contribution < -0.4 is 0 Å². The largest absolute Gasteiger partial charge is 0.508 e. The highest BCUT2D eigenvalue weighted by molar-refractivity contribution is 6.30. The van der Waals surface area contributed by atoms with Crippen LogP contribution in [0.1, 0.15) is 25.3 Å². The highest BCUT2D eigenvalue weighted by Gasteiger charge is 2.18. The number of aliphatic carboxylic acids is 1. The van der Waals surface area contributed by atoms with Crippen molar-refractivity contribution >= 4 is 17.6 Å². The van der Waals surface area contributed by atoms with E-state index in [-0.39, 0.29) is 5.75 Å². The number of rotatable bonds is 5. The van der Waals surface area contributed by atoms with E-state index in [4.69, 9.17) is 16.7 Å². The maximum Gasteiger partial charge on any atom is 0.306 e. The summed E-state index contributed by atoms with van der Waals surface area (Å²) in [5.74, 6) is -1.19. The molecule has 4 heteroatoms. The number of carbonyl (C=O) groups is 1. The SMILES string of the molecule is CCCC(Cc1cc(Cl)ccc1O)C(=O)O. The van der Waals surface area contributed by atoms with Crippen molar-refractivity contribution in [1.82, 2.24) is 0 Å². The van der Waals surface area contributed by atoms with Crippen LogP contribution in [-0.2, 0) is 11.2 Å². The van der Waals surface area contributed by atoms with Crippen LogP contribution in [0.25, 0.3) is 0 Å². The molecule has 1 atom stereocenters. The quantitative estimate of drug-likeness (QED) is 0.834. The maximum absolute atomic E-state index is 11.0.